The highest BCUT2D eigenvalue weighted by molar-refractivity contribution is 6.31. The molecule has 1 atom stereocenters. The average Bonchev–Trinajstić information content (AvgIpc) is 2.41. The maximum absolute atomic E-state index is 6.23. The molecule has 0 fully saturated rings. The summed E-state index contributed by atoms with van der Waals surface area (Å²) in [6.07, 6.45) is 6.41. The molecule has 0 aliphatic rings. The molecular weight excluding hydrogens is 270 g/mol. The second-order valence-corrected chi connectivity index (χ2v) is 5.91. The van der Waals surface area contributed by atoms with Crippen LogP contribution in [-0.2, 0) is 6.42 Å². The minimum Gasteiger partial charge on any atom is -0.493 e. The van der Waals surface area contributed by atoms with Crippen LogP contribution in [-0.4, -0.2) is 12.6 Å². The first kappa shape index (κ1) is 17.3. The molecule has 0 heterocycles. The molecule has 0 aromatic heterocycles. The summed E-state index contributed by atoms with van der Waals surface area (Å²) >= 11 is 6.23. The molecule has 0 aliphatic heterocycles. The van der Waals surface area contributed by atoms with Gasteiger partial charge in [-0.3, -0.25) is 0 Å². The lowest BCUT2D eigenvalue weighted by molar-refractivity contribution is 0.313. The van der Waals surface area contributed by atoms with E-state index in [0.29, 0.717) is 6.04 Å². The van der Waals surface area contributed by atoms with E-state index in [0.717, 1.165) is 61.5 Å². The van der Waals surface area contributed by atoms with Gasteiger partial charge in [0.2, 0.25) is 0 Å². The summed E-state index contributed by atoms with van der Waals surface area (Å²) in [7, 11) is 0. The zero-order chi connectivity index (χ0) is 15.0. The number of rotatable bonds is 9. The fourth-order valence-electron chi connectivity index (χ4n) is 2.31. The molecule has 2 N–H and O–H groups in total. The maximum Gasteiger partial charge on any atom is 0.122 e. The Balaban J connectivity index is 2.64. The molecule has 114 valence electrons. The first-order valence-electron chi connectivity index (χ1n) is 7.75. The largest absolute Gasteiger partial charge is 0.493 e. The van der Waals surface area contributed by atoms with Crippen LogP contribution in [0.4, 0.5) is 0 Å². The van der Waals surface area contributed by atoms with Crippen LogP contribution in [0.3, 0.4) is 0 Å². The monoisotopic (exact) mass is 297 g/mol. The summed E-state index contributed by atoms with van der Waals surface area (Å²) in [6.45, 7) is 7.06. The summed E-state index contributed by atoms with van der Waals surface area (Å²) in [5.74, 6) is 0.984. The predicted molar refractivity (Wildman–Crippen MR) is 87.8 cm³/mol. The first-order valence-corrected chi connectivity index (χ1v) is 8.13. The molecule has 0 radical (unpaired) electrons. The van der Waals surface area contributed by atoms with Gasteiger partial charge in [-0.15, -0.1) is 0 Å². The zero-order valence-corrected chi connectivity index (χ0v) is 13.8. The van der Waals surface area contributed by atoms with Crippen molar-refractivity contribution in [3.05, 3.63) is 28.3 Å². The average molecular weight is 298 g/mol. The Kier molecular flexibility index (Phi) is 8.01. The summed E-state index contributed by atoms with van der Waals surface area (Å²) in [4.78, 5) is 0. The molecule has 1 rings (SSSR count). The molecule has 0 amide bonds. The van der Waals surface area contributed by atoms with E-state index < -0.39 is 0 Å². The van der Waals surface area contributed by atoms with Crippen molar-refractivity contribution < 1.29 is 4.74 Å². The number of aryl methyl sites for hydroxylation is 2. The van der Waals surface area contributed by atoms with Gasteiger partial charge in [-0.25, -0.2) is 0 Å². The van der Waals surface area contributed by atoms with Crippen molar-refractivity contribution in [2.45, 2.75) is 65.3 Å². The summed E-state index contributed by atoms with van der Waals surface area (Å²) < 4.78 is 5.84. The van der Waals surface area contributed by atoms with Gasteiger partial charge >= 0.3 is 0 Å². The highest BCUT2D eigenvalue weighted by Gasteiger charge is 2.09. The van der Waals surface area contributed by atoms with Crippen molar-refractivity contribution in [2.24, 2.45) is 5.73 Å². The lowest BCUT2D eigenvalue weighted by Gasteiger charge is -2.14. The number of hydrogen-bond acceptors (Lipinski definition) is 2. The van der Waals surface area contributed by atoms with Crippen LogP contribution in [0.2, 0.25) is 5.02 Å². The standard InChI is InChI=1S/C17H28ClNO/c1-4-7-15(19)9-6-8-14-12-16(18)13(3)11-17(14)20-10-5-2/h11-12,15H,4-10,19H2,1-3H3. The zero-order valence-electron chi connectivity index (χ0n) is 13.0. The van der Waals surface area contributed by atoms with Crippen LogP contribution in [0.25, 0.3) is 0 Å². The number of halogens is 1. The van der Waals surface area contributed by atoms with E-state index in [1.54, 1.807) is 0 Å². The van der Waals surface area contributed by atoms with Gasteiger partial charge in [0, 0.05) is 11.1 Å². The van der Waals surface area contributed by atoms with E-state index in [2.05, 4.69) is 19.9 Å². The molecule has 1 aromatic rings. The molecule has 2 nitrogen and oxygen atoms in total. The smallest absolute Gasteiger partial charge is 0.122 e. The van der Waals surface area contributed by atoms with E-state index in [1.165, 1.54) is 5.56 Å². The van der Waals surface area contributed by atoms with Crippen LogP contribution in [0, 0.1) is 6.92 Å². The van der Waals surface area contributed by atoms with Crippen molar-refractivity contribution in [1.29, 1.82) is 0 Å². The third-order valence-electron chi connectivity index (χ3n) is 3.48. The number of ether oxygens (including phenoxy) is 1. The van der Waals surface area contributed by atoms with Gasteiger partial charge in [0.1, 0.15) is 5.75 Å². The lowest BCUT2D eigenvalue weighted by Crippen LogP contribution is -2.19. The van der Waals surface area contributed by atoms with Crippen LogP contribution in [0.5, 0.6) is 5.75 Å². The Morgan fingerprint density at radius 1 is 1.20 bits per heavy atom. The molecule has 3 heteroatoms. The highest BCUT2D eigenvalue weighted by atomic mass is 35.5. The Morgan fingerprint density at radius 2 is 1.95 bits per heavy atom. The van der Waals surface area contributed by atoms with Gasteiger partial charge < -0.3 is 10.5 Å². The van der Waals surface area contributed by atoms with E-state index in [-0.39, 0.29) is 0 Å². The van der Waals surface area contributed by atoms with Crippen LogP contribution in [0.15, 0.2) is 12.1 Å². The fraction of sp³-hybridized carbons (Fsp3) is 0.647. The Morgan fingerprint density at radius 3 is 2.60 bits per heavy atom. The van der Waals surface area contributed by atoms with E-state index in [9.17, 15) is 0 Å². The fourth-order valence-corrected chi connectivity index (χ4v) is 2.49. The number of benzene rings is 1. The van der Waals surface area contributed by atoms with E-state index >= 15 is 0 Å². The van der Waals surface area contributed by atoms with Crippen molar-refractivity contribution in [1.82, 2.24) is 0 Å². The second-order valence-electron chi connectivity index (χ2n) is 5.50. The topological polar surface area (TPSA) is 35.2 Å². The normalized spacial score (nSPS) is 12.4. The van der Waals surface area contributed by atoms with E-state index in [1.807, 2.05) is 13.0 Å². The van der Waals surface area contributed by atoms with Crippen molar-refractivity contribution in [2.75, 3.05) is 6.61 Å². The summed E-state index contributed by atoms with van der Waals surface area (Å²) in [5.41, 5.74) is 8.34. The van der Waals surface area contributed by atoms with Gasteiger partial charge in [-0.1, -0.05) is 31.9 Å². The molecule has 0 aliphatic carbocycles. The third kappa shape index (κ3) is 5.72. The van der Waals surface area contributed by atoms with Crippen molar-refractivity contribution in [3.8, 4) is 5.75 Å². The molecule has 0 saturated heterocycles. The van der Waals surface area contributed by atoms with Gasteiger partial charge in [-0.2, -0.15) is 0 Å². The molecule has 0 saturated carbocycles. The van der Waals surface area contributed by atoms with E-state index in [4.69, 9.17) is 22.1 Å². The van der Waals surface area contributed by atoms with Gasteiger partial charge in [0.25, 0.3) is 0 Å². The van der Waals surface area contributed by atoms with Crippen molar-refractivity contribution in [3.63, 3.8) is 0 Å². The van der Waals surface area contributed by atoms with Crippen LogP contribution in [0.1, 0.15) is 57.1 Å². The summed E-state index contributed by atoms with van der Waals surface area (Å²) in [6, 6.07) is 4.42. The molecule has 1 aromatic carbocycles. The quantitative estimate of drug-likeness (QED) is 0.704. The molecule has 20 heavy (non-hydrogen) atoms. The molecular formula is C17H28ClNO. The number of nitrogens with two attached hydrogens (primary N) is 1. The first-order chi connectivity index (χ1) is 9.58. The third-order valence-corrected chi connectivity index (χ3v) is 3.89. The SMILES string of the molecule is CCCOc1cc(C)c(Cl)cc1CCCC(N)CCC. The minimum atomic E-state index is 0.320. The van der Waals surface area contributed by atoms with Gasteiger partial charge in [0.15, 0.2) is 0 Å². The van der Waals surface area contributed by atoms with Crippen molar-refractivity contribution >= 4 is 11.6 Å². The molecule has 1 unspecified atom stereocenters. The second kappa shape index (κ2) is 9.25. The van der Waals surface area contributed by atoms with Gasteiger partial charge in [-0.05, 0) is 62.3 Å². The highest BCUT2D eigenvalue weighted by Crippen LogP contribution is 2.28. The van der Waals surface area contributed by atoms with Gasteiger partial charge in [0.05, 0.1) is 6.61 Å². The number of hydrogen-bond donors (Lipinski definition) is 1. The van der Waals surface area contributed by atoms with Crippen LogP contribution < -0.4 is 10.5 Å². The Hall–Kier alpha value is -0.730. The predicted octanol–water partition coefficient (Wildman–Crippen LogP) is 4.89. The lowest BCUT2D eigenvalue weighted by atomic mass is 10.0. The molecule has 0 bridgehead atoms. The maximum atomic E-state index is 6.23. The Bertz CT molecular complexity index is 406. The summed E-state index contributed by atoms with van der Waals surface area (Å²) in [5, 5.41) is 0.821. The minimum absolute atomic E-state index is 0.320. The Labute approximate surface area is 128 Å². The van der Waals surface area contributed by atoms with Crippen LogP contribution >= 0.6 is 11.6 Å². The molecule has 0 spiro atoms.